The summed E-state index contributed by atoms with van der Waals surface area (Å²) < 4.78 is 0. The first-order chi connectivity index (χ1) is 18.7. The third kappa shape index (κ3) is 4.37. The highest BCUT2D eigenvalue weighted by molar-refractivity contribution is 7.13. The molecule has 1 N–H and O–H groups in total. The zero-order chi connectivity index (χ0) is 25.5. The molecule has 0 bridgehead atoms. The first-order valence-corrected chi connectivity index (χ1v) is 13.8. The molecule has 2 fully saturated rings. The van der Waals surface area contributed by atoms with Crippen LogP contribution in [0.15, 0.2) is 54.4 Å². The number of fused-ring (bicyclic) bond motifs is 2. The van der Waals surface area contributed by atoms with Crippen LogP contribution in [0.2, 0.25) is 0 Å². The number of benzene rings is 1. The maximum absolute atomic E-state index is 13.0. The molecule has 38 heavy (non-hydrogen) atoms. The third-order valence-electron chi connectivity index (χ3n) is 7.55. The van der Waals surface area contributed by atoms with Gasteiger partial charge in [0.05, 0.1) is 17.6 Å². The minimum Gasteiger partial charge on any atom is -0.345 e. The Bertz CT molecular complexity index is 1580. The molecular formula is C27H27N9OS. The maximum Gasteiger partial charge on any atom is 0.236 e. The fourth-order valence-electron chi connectivity index (χ4n) is 5.48. The minimum atomic E-state index is 0.204. The largest absolute Gasteiger partial charge is 0.345 e. The number of nitrogens with one attached hydrogen (secondary N) is 1. The SMILES string of the molecule is O=C(CN1CCC(c2ncc3cc4[nH]nc(-c5ccncc5)c4cc3n2)C1)N1CCN(c2nccs2)CC1. The first-order valence-electron chi connectivity index (χ1n) is 12.9. The maximum atomic E-state index is 13.0. The second-order valence-electron chi connectivity index (χ2n) is 9.90. The number of H-pyrrole nitrogens is 1. The summed E-state index contributed by atoms with van der Waals surface area (Å²) in [6.07, 6.45) is 8.23. The van der Waals surface area contributed by atoms with Crippen LogP contribution < -0.4 is 4.90 Å². The van der Waals surface area contributed by atoms with E-state index in [1.807, 2.05) is 34.8 Å². The fourth-order valence-corrected chi connectivity index (χ4v) is 6.18. The molecule has 1 unspecified atom stereocenters. The number of pyridine rings is 1. The number of aromatic amines is 1. The van der Waals surface area contributed by atoms with E-state index < -0.39 is 0 Å². The Morgan fingerprint density at radius 2 is 1.92 bits per heavy atom. The zero-order valence-corrected chi connectivity index (χ0v) is 21.6. The molecule has 1 atom stereocenters. The molecular weight excluding hydrogens is 498 g/mol. The number of carbonyl (C=O) groups excluding carboxylic acids is 1. The van der Waals surface area contributed by atoms with Crippen molar-refractivity contribution in [3.05, 3.63) is 60.3 Å². The average Bonchev–Trinajstić information content (AvgIpc) is 3.74. The van der Waals surface area contributed by atoms with Gasteiger partial charge in [-0.3, -0.25) is 19.8 Å². The minimum absolute atomic E-state index is 0.204. The smallest absolute Gasteiger partial charge is 0.236 e. The highest BCUT2D eigenvalue weighted by Gasteiger charge is 2.30. The predicted molar refractivity (Wildman–Crippen MR) is 147 cm³/mol. The summed E-state index contributed by atoms with van der Waals surface area (Å²) in [6.45, 7) is 5.28. The van der Waals surface area contributed by atoms with Crippen molar-refractivity contribution in [2.75, 3.05) is 50.7 Å². The number of rotatable bonds is 5. The van der Waals surface area contributed by atoms with Crippen LogP contribution in [0.3, 0.4) is 0 Å². The predicted octanol–water partition coefficient (Wildman–Crippen LogP) is 3.16. The van der Waals surface area contributed by atoms with Gasteiger partial charge in [0.1, 0.15) is 11.5 Å². The molecule has 10 nitrogen and oxygen atoms in total. The number of nitrogens with zero attached hydrogens (tertiary/aromatic N) is 8. The van der Waals surface area contributed by atoms with E-state index in [0.29, 0.717) is 6.54 Å². The second-order valence-corrected chi connectivity index (χ2v) is 10.8. The van der Waals surface area contributed by atoms with Crippen molar-refractivity contribution in [3.8, 4) is 11.3 Å². The monoisotopic (exact) mass is 525 g/mol. The molecule has 2 aliphatic heterocycles. The van der Waals surface area contributed by atoms with Crippen LogP contribution in [0, 0.1) is 0 Å². The van der Waals surface area contributed by atoms with Crippen molar-refractivity contribution in [2.45, 2.75) is 12.3 Å². The van der Waals surface area contributed by atoms with Crippen molar-refractivity contribution in [1.29, 1.82) is 0 Å². The van der Waals surface area contributed by atoms with Gasteiger partial charge in [0, 0.05) is 85.1 Å². The van der Waals surface area contributed by atoms with E-state index in [2.05, 4.69) is 42.1 Å². The Balaban J connectivity index is 1.03. The summed E-state index contributed by atoms with van der Waals surface area (Å²) in [7, 11) is 0. The van der Waals surface area contributed by atoms with Gasteiger partial charge in [-0.05, 0) is 37.2 Å². The lowest BCUT2D eigenvalue weighted by molar-refractivity contribution is -0.132. The quantitative estimate of drug-likeness (QED) is 0.373. The summed E-state index contributed by atoms with van der Waals surface area (Å²) in [6, 6.07) is 8.07. The number of hydrogen-bond acceptors (Lipinski definition) is 9. The van der Waals surface area contributed by atoms with Gasteiger partial charge in [-0.1, -0.05) is 0 Å². The molecule has 0 spiro atoms. The van der Waals surface area contributed by atoms with Crippen molar-refractivity contribution >= 4 is 44.2 Å². The fraction of sp³-hybridized carbons (Fsp3) is 0.333. The normalized spacial score (nSPS) is 18.6. The van der Waals surface area contributed by atoms with E-state index >= 15 is 0 Å². The number of likely N-dealkylation sites (tertiary alicyclic amines) is 1. The third-order valence-corrected chi connectivity index (χ3v) is 8.39. The molecule has 2 saturated heterocycles. The lowest BCUT2D eigenvalue weighted by Gasteiger charge is -2.35. The number of anilines is 1. The Morgan fingerprint density at radius 3 is 2.74 bits per heavy atom. The average molecular weight is 526 g/mol. The summed E-state index contributed by atoms with van der Waals surface area (Å²) >= 11 is 1.65. The first kappa shape index (κ1) is 23.2. The summed E-state index contributed by atoms with van der Waals surface area (Å²) in [5.41, 5.74) is 3.77. The van der Waals surface area contributed by atoms with Crippen molar-refractivity contribution in [3.63, 3.8) is 0 Å². The van der Waals surface area contributed by atoms with E-state index in [4.69, 9.17) is 9.97 Å². The van der Waals surface area contributed by atoms with Gasteiger partial charge in [-0.2, -0.15) is 5.10 Å². The molecule has 0 aliphatic carbocycles. The Kier molecular flexibility index (Phi) is 5.94. The van der Waals surface area contributed by atoms with E-state index in [1.54, 1.807) is 23.7 Å². The van der Waals surface area contributed by atoms with E-state index in [9.17, 15) is 4.79 Å². The molecule has 1 aromatic carbocycles. The van der Waals surface area contributed by atoms with Crippen LogP contribution in [0.1, 0.15) is 18.2 Å². The molecule has 192 valence electrons. The van der Waals surface area contributed by atoms with Crippen LogP contribution in [0.4, 0.5) is 5.13 Å². The Hall–Kier alpha value is -3.96. The standard InChI is InChI=1S/C27H27N9OS/c37-24(35-8-10-36(11-9-35)27-29-6-12-38-27)17-34-7-3-19(16-34)26-30-15-20-13-23-21(14-22(20)31-26)25(33-32-23)18-1-4-28-5-2-18/h1-2,4-6,12-15,19H,3,7-11,16-17H2,(H,32,33). The molecule has 4 aromatic heterocycles. The van der Waals surface area contributed by atoms with Gasteiger partial charge in [0.2, 0.25) is 5.91 Å². The lowest BCUT2D eigenvalue weighted by atomic mass is 10.1. The molecule has 0 radical (unpaired) electrons. The Labute approximate surface area is 223 Å². The van der Waals surface area contributed by atoms with Crippen LogP contribution in [0.25, 0.3) is 33.1 Å². The van der Waals surface area contributed by atoms with Gasteiger partial charge in [0.15, 0.2) is 5.13 Å². The highest BCUT2D eigenvalue weighted by Crippen LogP contribution is 2.31. The van der Waals surface area contributed by atoms with Crippen LogP contribution >= 0.6 is 11.3 Å². The van der Waals surface area contributed by atoms with E-state index in [1.165, 1.54) is 0 Å². The molecule has 2 aliphatic rings. The van der Waals surface area contributed by atoms with Crippen LogP contribution in [0.5, 0.6) is 0 Å². The number of carbonyl (C=O) groups is 1. The van der Waals surface area contributed by atoms with Crippen LogP contribution in [-0.4, -0.2) is 91.7 Å². The van der Waals surface area contributed by atoms with Gasteiger partial charge >= 0.3 is 0 Å². The molecule has 11 heteroatoms. The molecule has 7 rings (SSSR count). The number of piperazine rings is 1. The van der Waals surface area contributed by atoms with E-state index in [0.717, 1.165) is 89.7 Å². The number of hydrogen-bond donors (Lipinski definition) is 1. The summed E-state index contributed by atoms with van der Waals surface area (Å²) in [4.78, 5) is 37.7. The zero-order valence-electron chi connectivity index (χ0n) is 20.8. The van der Waals surface area contributed by atoms with Crippen LogP contribution in [-0.2, 0) is 4.79 Å². The van der Waals surface area contributed by atoms with Gasteiger partial charge in [-0.15, -0.1) is 11.3 Å². The van der Waals surface area contributed by atoms with Crippen molar-refractivity contribution < 1.29 is 4.79 Å². The topological polar surface area (TPSA) is 107 Å². The number of thiazole rings is 1. The molecule has 1 amide bonds. The van der Waals surface area contributed by atoms with E-state index in [-0.39, 0.29) is 11.8 Å². The molecule has 6 heterocycles. The van der Waals surface area contributed by atoms with Gasteiger partial charge in [-0.25, -0.2) is 15.0 Å². The van der Waals surface area contributed by atoms with Gasteiger partial charge < -0.3 is 9.80 Å². The summed E-state index contributed by atoms with van der Waals surface area (Å²) in [5.74, 6) is 1.27. The summed E-state index contributed by atoms with van der Waals surface area (Å²) in [5, 5.41) is 12.7. The van der Waals surface area contributed by atoms with Crippen molar-refractivity contribution in [1.82, 2.24) is 39.9 Å². The van der Waals surface area contributed by atoms with Crippen molar-refractivity contribution in [2.24, 2.45) is 0 Å². The molecule has 0 saturated carbocycles. The Morgan fingerprint density at radius 1 is 1.05 bits per heavy atom. The highest BCUT2D eigenvalue weighted by atomic mass is 32.1. The van der Waals surface area contributed by atoms with Gasteiger partial charge in [0.25, 0.3) is 0 Å². The number of aromatic nitrogens is 6. The second kappa shape index (κ2) is 9.73. The number of amides is 1. The lowest BCUT2D eigenvalue weighted by Crippen LogP contribution is -2.51. The molecule has 5 aromatic rings.